The molecule has 0 amide bonds. The third-order valence-electron chi connectivity index (χ3n) is 5.34. The van der Waals surface area contributed by atoms with Crippen LogP contribution in [0.5, 0.6) is 5.75 Å². The molecule has 0 radical (unpaired) electrons. The van der Waals surface area contributed by atoms with E-state index in [0.29, 0.717) is 0 Å². The summed E-state index contributed by atoms with van der Waals surface area (Å²) in [4.78, 5) is 0. The lowest BCUT2D eigenvalue weighted by Gasteiger charge is -2.45. The second-order valence-corrected chi connectivity index (χ2v) is 6.72. The largest absolute Gasteiger partial charge is 0.496 e. The van der Waals surface area contributed by atoms with Crippen LogP contribution in [0.3, 0.4) is 0 Å². The summed E-state index contributed by atoms with van der Waals surface area (Å²) in [5, 5.41) is 2.06. The second-order valence-electron chi connectivity index (χ2n) is 6.72. The summed E-state index contributed by atoms with van der Waals surface area (Å²) >= 11 is 0. The fourth-order valence-electron chi connectivity index (χ4n) is 3.91. The van der Waals surface area contributed by atoms with Crippen LogP contribution in [0.1, 0.15) is 42.9 Å². The number of benzene rings is 2. The number of rotatable bonds is 5. The van der Waals surface area contributed by atoms with Gasteiger partial charge in [-0.1, -0.05) is 49.4 Å². The van der Waals surface area contributed by atoms with Gasteiger partial charge in [0.2, 0.25) is 0 Å². The van der Waals surface area contributed by atoms with E-state index in [4.69, 9.17) is 10.6 Å². The van der Waals surface area contributed by atoms with Crippen molar-refractivity contribution in [3.05, 3.63) is 65.2 Å². The van der Waals surface area contributed by atoms with Crippen LogP contribution in [0, 0.1) is 0 Å². The van der Waals surface area contributed by atoms with Crippen molar-refractivity contribution in [2.45, 2.75) is 44.6 Å². The van der Waals surface area contributed by atoms with Gasteiger partial charge >= 0.3 is 0 Å². The number of aryl methyl sites for hydroxylation is 1. The number of piperidine rings is 1. The summed E-state index contributed by atoms with van der Waals surface area (Å²) in [5.41, 5.74) is 3.74. The highest BCUT2D eigenvalue weighted by atomic mass is 16.5. The van der Waals surface area contributed by atoms with Crippen molar-refractivity contribution in [1.29, 1.82) is 0 Å². The average Bonchev–Trinajstić information content (AvgIpc) is 2.64. The van der Waals surface area contributed by atoms with Crippen molar-refractivity contribution in [2.75, 3.05) is 13.7 Å². The molecule has 1 aliphatic rings. The Kier molecular flexibility index (Phi) is 5.22. The SMILES string of the molecule is CCc1ccc(OC)c(CC2(c3ccccc3)CCCCN2N)c1. The van der Waals surface area contributed by atoms with Crippen LogP contribution in [0.4, 0.5) is 0 Å². The number of hydrazine groups is 1. The highest BCUT2D eigenvalue weighted by molar-refractivity contribution is 5.40. The molecule has 3 nitrogen and oxygen atoms in total. The van der Waals surface area contributed by atoms with E-state index in [-0.39, 0.29) is 5.54 Å². The molecule has 3 rings (SSSR count). The Labute approximate surface area is 145 Å². The molecule has 0 spiro atoms. The van der Waals surface area contributed by atoms with Gasteiger partial charge in [0.05, 0.1) is 12.6 Å². The van der Waals surface area contributed by atoms with Crippen LogP contribution >= 0.6 is 0 Å². The van der Waals surface area contributed by atoms with Gasteiger partial charge in [0.1, 0.15) is 5.75 Å². The first-order valence-electron chi connectivity index (χ1n) is 8.93. The third kappa shape index (κ3) is 3.19. The first-order valence-corrected chi connectivity index (χ1v) is 8.93. The van der Waals surface area contributed by atoms with Gasteiger partial charge < -0.3 is 4.74 Å². The molecule has 1 atom stereocenters. The number of methoxy groups -OCH3 is 1. The molecule has 24 heavy (non-hydrogen) atoms. The van der Waals surface area contributed by atoms with E-state index >= 15 is 0 Å². The molecular formula is C21H28N2O. The molecule has 2 aromatic carbocycles. The summed E-state index contributed by atoms with van der Waals surface area (Å²) in [5.74, 6) is 7.51. The van der Waals surface area contributed by atoms with E-state index in [1.165, 1.54) is 23.1 Å². The first kappa shape index (κ1) is 17.0. The van der Waals surface area contributed by atoms with Crippen LogP contribution in [0.25, 0.3) is 0 Å². The minimum absolute atomic E-state index is 0.154. The van der Waals surface area contributed by atoms with Gasteiger partial charge in [0, 0.05) is 6.54 Å². The van der Waals surface area contributed by atoms with Gasteiger partial charge in [-0.2, -0.15) is 0 Å². The van der Waals surface area contributed by atoms with Gasteiger partial charge in [-0.15, -0.1) is 0 Å². The second kappa shape index (κ2) is 7.37. The monoisotopic (exact) mass is 324 g/mol. The van der Waals surface area contributed by atoms with Gasteiger partial charge in [-0.3, -0.25) is 5.84 Å². The molecule has 0 aromatic heterocycles. The highest BCUT2D eigenvalue weighted by Gasteiger charge is 2.39. The van der Waals surface area contributed by atoms with Gasteiger partial charge in [0.15, 0.2) is 0 Å². The van der Waals surface area contributed by atoms with E-state index in [1.807, 2.05) is 0 Å². The number of ether oxygens (including phenoxy) is 1. The summed E-state index contributed by atoms with van der Waals surface area (Å²) in [7, 11) is 1.75. The fourth-order valence-corrected chi connectivity index (χ4v) is 3.91. The lowest BCUT2D eigenvalue weighted by atomic mass is 9.76. The van der Waals surface area contributed by atoms with Crippen LogP contribution < -0.4 is 10.6 Å². The molecule has 1 fully saturated rings. The fraction of sp³-hybridized carbons (Fsp3) is 0.429. The van der Waals surface area contributed by atoms with E-state index in [2.05, 4.69) is 60.5 Å². The Morgan fingerprint density at radius 1 is 1.12 bits per heavy atom. The predicted molar refractivity (Wildman–Crippen MR) is 98.9 cm³/mol. The third-order valence-corrected chi connectivity index (χ3v) is 5.34. The van der Waals surface area contributed by atoms with Crippen LogP contribution in [0.15, 0.2) is 48.5 Å². The topological polar surface area (TPSA) is 38.5 Å². The number of nitrogens with zero attached hydrogens (tertiary/aromatic N) is 1. The highest BCUT2D eigenvalue weighted by Crippen LogP contribution is 2.40. The van der Waals surface area contributed by atoms with E-state index in [0.717, 1.165) is 38.0 Å². The van der Waals surface area contributed by atoms with Gasteiger partial charge in [-0.05, 0) is 54.9 Å². The van der Waals surface area contributed by atoms with Crippen molar-refractivity contribution < 1.29 is 4.74 Å². The molecule has 0 aliphatic carbocycles. The molecular weight excluding hydrogens is 296 g/mol. The minimum Gasteiger partial charge on any atom is -0.496 e. The molecule has 0 saturated carbocycles. The number of nitrogens with two attached hydrogens (primary N) is 1. The van der Waals surface area contributed by atoms with Crippen molar-refractivity contribution in [3.63, 3.8) is 0 Å². The molecule has 1 unspecified atom stereocenters. The van der Waals surface area contributed by atoms with E-state index in [9.17, 15) is 0 Å². The summed E-state index contributed by atoms with van der Waals surface area (Å²) in [6.45, 7) is 3.12. The maximum Gasteiger partial charge on any atom is 0.122 e. The molecule has 1 aliphatic heterocycles. The lowest BCUT2D eigenvalue weighted by Crippen LogP contribution is -2.54. The Morgan fingerprint density at radius 3 is 2.58 bits per heavy atom. The Balaban J connectivity index is 2.05. The minimum atomic E-state index is -0.154. The van der Waals surface area contributed by atoms with Crippen molar-refractivity contribution in [2.24, 2.45) is 5.84 Å². The zero-order chi connectivity index (χ0) is 17.0. The van der Waals surface area contributed by atoms with Crippen molar-refractivity contribution in [3.8, 4) is 5.75 Å². The summed E-state index contributed by atoms with van der Waals surface area (Å²) in [6, 6.07) is 17.2. The lowest BCUT2D eigenvalue weighted by molar-refractivity contribution is 0.0420. The van der Waals surface area contributed by atoms with Crippen LogP contribution in [0.2, 0.25) is 0 Å². The van der Waals surface area contributed by atoms with Crippen molar-refractivity contribution >= 4 is 0 Å². The normalized spacial score (nSPS) is 21.6. The predicted octanol–water partition coefficient (Wildman–Crippen LogP) is 4.06. The quantitative estimate of drug-likeness (QED) is 0.843. The van der Waals surface area contributed by atoms with Crippen LogP contribution in [-0.4, -0.2) is 18.7 Å². The zero-order valence-electron chi connectivity index (χ0n) is 14.8. The van der Waals surface area contributed by atoms with Crippen LogP contribution in [-0.2, 0) is 18.4 Å². The molecule has 1 heterocycles. The summed E-state index contributed by atoms with van der Waals surface area (Å²) < 4.78 is 5.64. The average molecular weight is 324 g/mol. The Bertz CT molecular complexity index is 671. The Hall–Kier alpha value is -1.84. The standard InChI is InChI=1S/C21H28N2O/c1-3-17-11-12-20(24-2)18(15-17)16-21(13-7-8-14-23(21)22)19-9-5-4-6-10-19/h4-6,9-12,15H,3,7-8,13-14,16,22H2,1-2H3. The molecule has 0 bridgehead atoms. The number of hydrogen-bond donors (Lipinski definition) is 1. The summed E-state index contributed by atoms with van der Waals surface area (Å²) in [6.07, 6.45) is 5.36. The smallest absolute Gasteiger partial charge is 0.122 e. The number of hydrogen-bond acceptors (Lipinski definition) is 3. The van der Waals surface area contributed by atoms with Gasteiger partial charge in [0.25, 0.3) is 0 Å². The zero-order valence-corrected chi connectivity index (χ0v) is 14.8. The van der Waals surface area contributed by atoms with E-state index < -0.39 is 0 Å². The molecule has 1 saturated heterocycles. The van der Waals surface area contributed by atoms with Gasteiger partial charge in [-0.25, -0.2) is 5.01 Å². The maximum absolute atomic E-state index is 6.55. The first-order chi connectivity index (χ1) is 11.7. The van der Waals surface area contributed by atoms with E-state index in [1.54, 1.807) is 7.11 Å². The molecule has 2 N–H and O–H groups in total. The molecule has 128 valence electrons. The van der Waals surface area contributed by atoms with Crippen molar-refractivity contribution in [1.82, 2.24) is 5.01 Å². The maximum atomic E-state index is 6.55. The molecule has 2 aromatic rings. The Morgan fingerprint density at radius 2 is 1.92 bits per heavy atom. The molecule has 3 heteroatoms.